The largest absolute Gasteiger partial charge is 0.459 e. The molecular formula is C11H18O4. The van der Waals surface area contributed by atoms with Gasteiger partial charge in [-0.3, -0.25) is 0 Å². The van der Waals surface area contributed by atoms with Crippen LogP contribution < -0.4 is 0 Å². The maximum absolute atomic E-state index is 10.7. The number of hydrogen-bond acceptors (Lipinski definition) is 4. The summed E-state index contributed by atoms with van der Waals surface area (Å²) in [7, 11) is 1.30. The van der Waals surface area contributed by atoms with Gasteiger partial charge in [0, 0.05) is 12.5 Å². The molecule has 0 aromatic carbocycles. The Balaban J connectivity index is 3.80. The fraction of sp³-hybridized carbons (Fsp3) is 0.727. The standard InChI is InChI=1S/C11H18O4/c1-4-10(6-7-11(12)13-3)15-9-8-14-5-2/h10H,4-5,8-9H2,1-3H3. The summed E-state index contributed by atoms with van der Waals surface area (Å²) in [5.74, 6) is 4.50. The number of carbonyl (C=O) groups is 1. The van der Waals surface area contributed by atoms with Crippen LogP contribution in [0.15, 0.2) is 0 Å². The fourth-order valence-corrected chi connectivity index (χ4v) is 0.846. The first-order valence-electron chi connectivity index (χ1n) is 5.03. The Kier molecular flexibility index (Phi) is 8.84. The topological polar surface area (TPSA) is 44.8 Å². The van der Waals surface area contributed by atoms with E-state index in [4.69, 9.17) is 9.47 Å². The molecule has 0 aliphatic carbocycles. The van der Waals surface area contributed by atoms with Crippen molar-refractivity contribution in [3.63, 3.8) is 0 Å². The Bertz CT molecular complexity index is 226. The molecule has 86 valence electrons. The van der Waals surface area contributed by atoms with Crippen LogP contribution in [-0.4, -0.2) is 39.0 Å². The Morgan fingerprint density at radius 1 is 1.33 bits per heavy atom. The molecule has 0 amide bonds. The molecule has 0 spiro atoms. The minimum absolute atomic E-state index is 0.232. The van der Waals surface area contributed by atoms with E-state index in [1.807, 2.05) is 13.8 Å². The molecule has 4 heteroatoms. The molecule has 0 aromatic rings. The molecule has 0 aliphatic heterocycles. The van der Waals surface area contributed by atoms with Gasteiger partial charge in [-0.05, 0) is 13.3 Å². The molecule has 0 fully saturated rings. The van der Waals surface area contributed by atoms with Gasteiger partial charge in [0.25, 0.3) is 0 Å². The van der Waals surface area contributed by atoms with Crippen molar-refractivity contribution < 1.29 is 19.0 Å². The average Bonchev–Trinajstić information content (AvgIpc) is 2.27. The number of hydrogen-bond donors (Lipinski definition) is 0. The normalized spacial score (nSPS) is 11.4. The Labute approximate surface area is 90.9 Å². The Morgan fingerprint density at radius 3 is 2.60 bits per heavy atom. The van der Waals surface area contributed by atoms with Gasteiger partial charge in [-0.15, -0.1) is 0 Å². The van der Waals surface area contributed by atoms with E-state index in [0.29, 0.717) is 19.8 Å². The molecule has 1 atom stereocenters. The van der Waals surface area contributed by atoms with Crippen LogP contribution in [0.2, 0.25) is 0 Å². The molecule has 0 rings (SSSR count). The average molecular weight is 214 g/mol. The van der Waals surface area contributed by atoms with Crippen LogP contribution in [0, 0.1) is 11.8 Å². The molecule has 0 N–H and O–H groups in total. The molecule has 0 aliphatic rings. The summed E-state index contributed by atoms with van der Waals surface area (Å²) >= 11 is 0. The predicted molar refractivity (Wildman–Crippen MR) is 56.3 cm³/mol. The van der Waals surface area contributed by atoms with Crippen LogP contribution in [0.25, 0.3) is 0 Å². The lowest BCUT2D eigenvalue weighted by Gasteiger charge is -2.09. The van der Waals surface area contributed by atoms with Crippen molar-refractivity contribution >= 4 is 5.97 Å². The third-order valence-electron chi connectivity index (χ3n) is 1.64. The summed E-state index contributed by atoms with van der Waals surface area (Å²) in [6.07, 6.45) is 0.500. The molecule has 1 unspecified atom stereocenters. The zero-order chi connectivity index (χ0) is 11.5. The Hall–Kier alpha value is -1.05. The van der Waals surface area contributed by atoms with Gasteiger partial charge >= 0.3 is 5.97 Å². The minimum Gasteiger partial charge on any atom is -0.459 e. The summed E-state index contributed by atoms with van der Waals surface area (Å²) in [4.78, 5) is 10.7. The second-order valence-electron chi connectivity index (χ2n) is 2.73. The van der Waals surface area contributed by atoms with Gasteiger partial charge in [-0.2, -0.15) is 0 Å². The van der Waals surface area contributed by atoms with E-state index in [2.05, 4.69) is 16.6 Å². The predicted octanol–water partition coefficient (Wildman–Crippen LogP) is 0.994. The SMILES string of the molecule is CCOCCOC(C#CC(=O)OC)CC. The van der Waals surface area contributed by atoms with Gasteiger partial charge in [0.2, 0.25) is 0 Å². The summed E-state index contributed by atoms with van der Waals surface area (Å²) in [6.45, 7) is 5.58. The first-order valence-corrected chi connectivity index (χ1v) is 5.03. The van der Waals surface area contributed by atoms with Crippen molar-refractivity contribution in [1.82, 2.24) is 0 Å². The number of ether oxygens (including phenoxy) is 3. The summed E-state index contributed by atoms with van der Waals surface area (Å²) in [6, 6.07) is 0. The van der Waals surface area contributed by atoms with E-state index in [1.165, 1.54) is 7.11 Å². The van der Waals surface area contributed by atoms with Crippen LogP contribution in [0.5, 0.6) is 0 Å². The molecule has 0 saturated heterocycles. The number of carbonyl (C=O) groups excluding carboxylic acids is 1. The lowest BCUT2D eigenvalue weighted by atomic mass is 10.3. The lowest BCUT2D eigenvalue weighted by molar-refractivity contribution is -0.133. The molecule has 4 nitrogen and oxygen atoms in total. The highest BCUT2D eigenvalue weighted by molar-refractivity contribution is 5.88. The van der Waals surface area contributed by atoms with Crippen LogP contribution >= 0.6 is 0 Å². The molecule has 0 aromatic heterocycles. The van der Waals surface area contributed by atoms with Crippen LogP contribution in [0.1, 0.15) is 20.3 Å². The third-order valence-corrected chi connectivity index (χ3v) is 1.64. The van der Waals surface area contributed by atoms with E-state index >= 15 is 0 Å². The first kappa shape index (κ1) is 13.9. The second-order valence-corrected chi connectivity index (χ2v) is 2.73. The summed E-state index contributed by atoms with van der Waals surface area (Å²) in [5, 5.41) is 0. The van der Waals surface area contributed by atoms with Gasteiger partial charge in [0.05, 0.1) is 20.3 Å². The second kappa shape index (κ2) is 9.50. The van der Waals surface area contributed by atoms with Crippen LogP contribution in [0.3, 0.4) is 0 Å². The zero-order valence-corrected chi connectivity index (χ0v) is 9.54. The van der Waals surface area contributed by atoms with Gasteiger partial charge < -0.3 is 14.2 Å². The third kappa shape index (κ3) is 7.98. The molecule has 0 heterocycles. The van der Waals surface area contributed by atoms with Gasteiger partial charge in [-0.25, -0.2) is 4.79 Å². The van der Waals surface area contributed by atoms with Crippen molar-refractivity contribution in [3.8, 4) is 11.8 Å². The van der Waals surface area contributed by atoms with E-state index < -0.39 is 5.97 Å². The number of esters is 1. The van der Waals surface area contributed by atoms with Crippen molar-refractivity contribution in [3.05, 3.63) is 0 Å². The van der Waals surface area contributed by atoms with Gasteiger partial charge in [-0.1, -0.05) is 12.8 Å². The van der Waals surface area contributed by atoms with Crippen LogP contribution in [0.4, 0.5) is 0 Å². The molecular weight excluding hydrogens is 196 g/mol. The fourth-order valence-electron chi connectivity index (χ4n) is 0.846. The maximum atomic E-state index is 10.7. The molecule has 15 heavy (non-hydrogen) atoms. The van der Waals surface area contributed by atoms with Gasteiger partial charge in [0.1, 0.15) is 6.10 Å². The monoisotopic (exact) mass is 214 g/mol. The van der Waals surface area contributed by atoms with E-state index in [9.17, 15) is 4.79 Å². The van der Waals surface area contributed by atoms with Crippen molar-refractivity contribution in [2.45, 2.75) is 26.4 Å². The van der Waals surface area contributed by atoms with E-state index in [0.717, 1.165) is 6.42 Å². The quantitative estimate of drug-likeness (QED) is 0.286. The number of methoxy groups -OCH3 is 1. The molecule has 0 saturated carbocycles. The van der Waals surface area contributed by atoms with Crippen molar-refractivity contribution in [2.75, 3.05) is 26.9 Å². The van der Waals surface area contributed by atoms with Crippen molar-refractivity contribution in [1.29, 1.82) is 0 Å². The number of rotatable bonds is 6. The van der Waals surface area contributed by atoms with E-state index in [-0.39, 0.29) is 6.10 Å². The Morgan fingerprint density at radius 2 is 2.07 bits per heavy atom. The molecule has 0 radical (unpaired) electrons. The van der Waals surface area contributed by atoms with Crippen molar-refractivity contribution in [2.24, 2.45) is 0 Å². The smallest absolute Gasteiger partial charge is 0.384 e. The lowest BCUT2D eigenvalue weighted by Crippen LogP contribution is -2.14. The summed E-state index contributed by atoms with van der Waals surface area (Å²) < 4.78 is 14.9. The molecule has 0 bridgehead atoms. The highest BCUT2D eigenvalue weighted by Crippen LogP contribution is 1.95. The summed E-state index contributed by atoms with van der Waals surface area (Å²) in [5.41, 5.74) is 0. The highest BCUT2D eigenvalue weighted by Gasteiger charge is 2.02. The zero-order valence-electron chi connectivity index (χ0n) is 9.54. The van der Waals surface area contributed by atoms with Crippen LogP contribution in [-0.2, 0) is 19.0 Å². The maximum Gasteiger partial charge on any atom is 0.384 e. The highest BCUT2D eigenvalue weighted by atomic mass is 16.5. The minimum atomic E-state index is -0.540. The first-order chi connectivity index (χ1) is 7.24. The van der Waals surface area contributed by atoms with Gasteiger partial charge in [0.15, 0.2) is 0 Å². The van der Waals surface area contributed by atoms with E-state index in [1.54, 1.807) is 0 Å².